The van der Waals surface area contributed by atoms with Gasteiger partial charge in [0.05, 0.1) is 18.2 Å². The number of halogens is 1. The highest BCUT2D eigenvalue weighted by Gasteiger charge is 2.30. The van der Waals surface area contributed by atoms with E-state index in [2.05, 4.69) is 38.2 Å². The Morgan fingerprint density at radius 1 is 1.12 bits per heavy atom. The summed E-state index contributed by atoms with van der Waals surface area (Å²) in [6, 6.07) is 14.6. The largest absolute Gasteiger partial charge is 0.444 e. The molecule has 0 aliphatic carbocycles. The quantitative estimate of drug-likeness (QED) is 0.400. The first-order chi connectivity index (χ1) is 15.5. The molecule has 0 aliphatic rings. The Morgan fingerprint density at radius 2 is 1.82 bits per heavy atom. The number of rotatable bonds is 6. The van der Waals surface area contributed by atoms with Gasteiger partial charge >= 0.3 is 6.09 Å². The van der Waals surface area contributed by atoms with Gasteiger partial charge in [0, 0.05) is 22.2 Å². The summed E-state index contributed by atoms with van der Waals surface area (Å²) < 4.78 is 8.39. The van der Waals surface area contributed by atoms with Gasteiger partial charge in [-0.15, -0.1) is 0 Å². The zero-order chi connectivity index (χ0) is 24.2. The molecule has 0 bridgehead atoms. The minimum atomic E-state index is -0.824. The van der Waals surface area contributed by atoms with E-state index in [0.29, 0.717) is 5.69 Å². The van der Waals surface area contributed by atoms with Gasteiger partial charge in [0.2, 0.25) is 5.91 Å². The number of nitrogens with zero attached hydrogens (tertiary/aromatic N) is 2. The van der Waals surface area contributed by atoms with Crippen LogP contribution in [0, 0.1) is 3.57 Å². The van der Waals surface area contributed by atoms with Gasteiger partial charge in [-0.25, -0.2) is 9.78 Å². The van der Waals surface area contributed by atoms with Gasteiger partial charge in [0.15, 0.2) is 0 Å². The predicted octanol–water partition coefficient (Wildman–Crippen LogP) is 5.33. The molecule has 1 aromatic heterocycles. The van der Waals surface area contributed by atoms with Gasteiger partial charge in [-0.2, -0.15) is 0 Å². The standard InChI is InChI=1S/C25H29IN4O3/c1-16(18-7-6-8-19(26)13-18)22(29-24(32)33-25(2,3)4)23(31)28-20-11-9-17(10-12-20)21-14-27-15-30(21)5/h6-16,22H,1-5H3,(H,28,31)(H,29,32)/t16?,22-/m0/s1. The lowest BCUT2D eigenvalue weighted by molar-refractivity contribution is -0.118. The Bertz CT molecular complexity index is 1120. The lowest BCUT2D eigenvalue weighted by Crippen LogP contribution is -2.48. The van der Waals surface area contributed by atoms with E-state index >= 15 is 0 Å². The minimum Gasteiger partial charge on any atom is -0.444 e. The van der Waals surface area contributed by atoms with Crippen molar-refractivity contribution in [3.8, 4) is 11.3 Å². The van der Waals surface area contributed by atoms with Crippen LogP contribution in [0.3, 0.4) is 0 Å². The second kappa shape index (κ2) is 10.4. The van der Waals surface area contributed by atoms with Crippen molar-refractivity contribution >= 4 is 40.3 Å². The molecule has 2 amide bonds. The fourth-order valence-electron chi connectivity index (χ4n) is 3.41. The first-order valence-corrected chi connectivity index (χ1v) is 11.7. The molecule has 174 valence electrons. The summed E-state index contributed by atoms with van der Waals surface area (Å²) in [6.45, 7) is 7.27. The fourth-order valence-corrected chi connectivity index (χ4v) is 3.98. The molecule has 0 fully saturated rings. The van der Waals surface area contributed by atoms with Crippen LogP contribution in [-0.4, -0.2) is 33.2 Å². The number of imidazole rings is 1. The van der Waals surface area contributed by atoms with E-state index in [1.165, 1.54) is 0 Å². The number of carbonyl (C=O) groups is 2. The summed E-state index contributed by atoms with van der Waals surface area (Å²) in [7, 11) is 1.93. The van der Waals surface area contributed by atoms with Crippen LogP contribution in [0.5, 0.6) is 0 Å². The average Bonchev–Trinajstić information content (AvgIpc) is 3.16. The number of alkyl carbamates (subject to hydrolysis) is 1. The molecule has 0 aliphatic heterocycles. The Balaban J connectivity index is 1.80. The van der Waals surface area contributed by atoms with Crippen molar-refractivity contribution in [3.63, 3.8) is 0 Å². The molecule has 1 heterocycles. The summed E-state index contributed by atoms with van der Waals surface area (Å²) in [5.74, 6) is -0.596. The normalized spacial score (nSPS) is 13.2. The second-order valence-electron chi connectivity index (χ2n) is 8.92. The van der Waals surface area contributed by atoms with Crippen LogP contribution in [0.25, 0.3) is 11.3 Å². The summed E-state index contributed by atoms with van der Waals surface area (Å²) >= 11 is 2.23. The van der Waals surface area contributed by atoms with Gasteiger partial charge in [0.1, 0.15) is 11.6 Å². The molecule has 2 aromatic carbocycles. The average molecular weight is 560 g/mol. The van der Waals surface area contributed by atoms with Crippen LogP contribution in [0.1, 0.15) is 39.2 Å². The van der Waals surface area contributed by atoms with Crippen LogP contribution in [0.2, 0.25) is 0 Å². The molecule has 33 heavy (non-hydrogen) atoms. The number of hydrogen-bond acceptors (Lipinski definition) is 4. The van der Waals surface area contributed by atoms with Crippen LogP contribution in [-0.2, 0) is 16.6 Å². The molecule has 0 spiro atoms. The molecule has 0 saturated carbocycles. The molecular weight excluding hydrogens is 531 g/mol. The van der Waals surface area contributed by atoms with E-state index in [9.17, 15) is 9.59 Å². The zero-order valence-electron chi connectivity index (χ0n) is 19.4. The zero-order valence-corrected chi connectivity index (χ0v) is 21.6. The molecule has 3 rings (SSSR count). The van der Waals surface area contributed by atoms with Crippen LogP contribution in [0.4, 0.5) is 10.5 Å². The fraction of sp³-hybridized carbons (Fsp3) is 0.320. The maximum Gasteiger partial charge on any atom is 0.408 e. The van der Waals surface area contributed by atoms with Gasteiger partial charge in [0.25, 0.3) is 0 Å². The predicted molar refractivity (Wildman–Crippen MR) is 138 cm³/mol. The molecule has 8 heteroatoms. The first kappa shape index (κ1) is 24.8. The minimum absolute atomic E-state index is 0.277. The van der Waals surface area contributed by atoms with Crippen molar-refractivity contribution in [1.29, 1.82) is 0 Å². The summed E-state index contributed by atoms with van der Waals surface area (Å²) in [6.07, 6.45) is 2.90. The number of nitrogens with one attached hydrogen (secondary N) is 2. The van der Waals surface area contributed by atoms with Crippen LogP contribution in [0.15, 0.2) is 61.1 Å². The Hall–Kier alpha value is -2.88. The smallest absolute Gasteiger partial charge is 0.408 e. The third kappa shape index (κ3) is 6.80. The summed E-state index contributed by atoms with van der Waals surface area (Å²) in [5, 5.41) is 5.69. The molecule has 2 atom stereocenters. The summed E-state index contributed by atoms with van der Waals surface area (Å²) in [5.41, 5.74) is 2.88. The monoisotopic (exact) mass is 560 g/mol. The van der Waals surface area contributed by atoms with Crippen molar-refractivity contribution in [2.75, 3.05) is 5.32 Å². The lowest BCUT2D eigenvalue weighted by Gasteiger charge is -2.27. The third-order valence-electron chi connectivity index (χ3n) is 5.09. The highest BCUT2D eigenvalue weighted by atomic mass is 127. The van der Waals surface area contributed by atoms with Crippen molar-refractivity contribution in [1.82, 2.24) is 14.9 Å². The second-order valence-corrected chi connectivity index (χ2v) is 10.2. The molecule has 3 aromatic rings. The van der Waals surface area contributed by atoms with E-state index in [4.69, 9.17) is 4.74 Å². The summed E-state index contributed by atoms with van der Waals surface area (Å²) in [4.78, 5) is 29.9. The number of hydrogen-bond donors (Lipinski definition) is 2. The highest BCUT2D eigenvalue weighted by molar-refractivity contribution is 14.1. The number of benzene rings is 2. The van der Waals surface area contributed by atoms with Crippen molar-refractivity contribution < 1.29 is 14.3 Å². The van der Waals surface area contributed by atoms with Crippen molar-refractivity contribution in [3.05, 3.63) is 70.2 Å². The van der Waals surface area contributed by atoms with E-state index < -0.39 is 17.7 Å². The van der Waals surface area contributed by atoms with Gasteiger partial charge in [-0.1, -0.05) is 31.2 Å². The Labute approximate surface area is 208 Å². The Morgan fingerprint density at radius 3 is 2.39 bits per heavy atom. The number of aromatic nitrogens is 2. The molecule has 0 radical (unpaired) electrons. The van der Waals surface area contributed by atoms with Gasteiger partial charge in [-0.3, -0.25) is 4.79 Å². The number of amides is 2. The SMILES string of the molecule is CC(c1cccc(I)c1)[C@H](NC(=O)OC(C)(C)C)C(=O)Nc1ccc(-c2cncn2C)cc1. The number of carbonyl (C=O) groups excluding carboxylic acids is 2. The van der Waals surface area contributed by atoms with Gasteiger partial charge in [-0.05, 0) is 78.8 Å². The lowest BCUT2D eigenvalue weighted by atomic mass is 9.92. The number of ether oxygens (including phenoxy) is 1. The topological polar surface area (TPSA) is 85.2 Å². The number of anilines is 1. The van der Waals surface area contributed by atoms with E-state index in [0.717, 1.165) is 20.4 Å². The first-order valence-electron chi connectivity index (χ1n) is 10.7. The van der Waals surface area contributed by atoms with Crippen molar-refractivity contribution in [2.45, 2.75) is 45.3 Å². The van der Waals surface area contributed by atoms with Gasteiger partial charge < -0.3 is 19.9 Å². The number of aryl methyl sites for hydroxylation is 1. The molecule has 2 N–H and O–H groups in total. The van der Waals surface area contributed by atoms with E-state index in [1.807, 2.05) is 67.1 Å². The van der Waals surface area contributed by atoms with Crippen LogP contribution >= 0.6 is 22.6 Å². The van der Waals surface area contributed by atoms with Crippen LogP contribution < -0.4 is 10.6 Å². The van der Waals surface area contributed by atoms with E-state index in [-0.39, 0.29) is 11.8 Å². The molecular formula is C25H29IN4O3. The highest BCUT2D eigenvalue weighted by Crippen LogP contribution is 2.24. The molecule has 7 nitrogen and oxygen atoms in total. The van der Waals surface area contributed by atoms with Crippen molar-refractivity contribution in [2.24, 2.45) is 7.05 Å². The Kier molecular flexibility index (Phi) is 7.78. The van der Waals surface area contributed by atoms with E-state index in [1.54, 1.807) is 33.3 Å². The molecule has 1 unspecified atom stereocenters. The third-order valence-corrected chi connectivity index (χ3v) is 5.77. The maximum atomic E-state index is 13.3. The molecule has 0 saturated heterocycles. The maximum absolute atomic E-state index is 13.3.